The van der Waals surface area contributed by atoms with Crippen LogP contribution in [-0.4, -0.2) is 50.5 Å². The highest BCUT2D eigenvalue weighted by atomic mass is 28.4. The lowest BCUT2D eigenvalue weighted by atomic mass is 9.92. The Kier molecular flexibility index (Phi) is 6.71. The normalized spacial score (nSPS) is 15.9. The largest absolute Gasteiger partial charge is 0.479 e. The first-order valence-corrected chi connectivity index (χ1v) is 14.4. The lowest BCUT2D eigenvalue weighted by Gasteiger charge is -2.34. The molecule has 8 heteroatoms. The number of rotatable bonds is 9. The van der Waals surface area contributed by atoms with Gasteiger partial charge in [0.2, 0.25) is 5.60 Å². The number of Topliss-reactive ketones (excluding diaryl/α,β-unsaturated/α-hetero) is 2. The summed E-state index contributed by atoms with van der Waals surface area (Å²) in [5, 5.41) is 9.41. The zero-order valence-corrected chi connectivity index (χ0v) is 17.7. The van der Waals surface area contributed by atoms with Gasteiger partial charge in [0.05, 0.1) is 6.42 Å². The first kappa shape index (κ1) is 22.2. The Balaban J connectivity index is 5.29. The van der Waals surface area contributed by atoms with Gasteiger partial charge in [0, 0.05) is 0 Å². The molecule has 0 aliphatic carbocycles. The number of carbonyl (C=O) groups is 3. The van der Waals surface area contributed by atoms with Crippen LogP contribution >= 0.6 is 0 Å². The van der Waals surface area contributed by atoms with Crippen molar-refractivity contribution in [3.63, 3.8) is 0 Å². The minimum absolute atomic E-state index is 0.434. The molecule has 0 aromatic heterocycles. The van der Waals surface area contributed by atoms with Crippen molar-refractivity contribution in [3.05, 3.63) is 0 Å². The van der Waals surface area contributed by atoms with E-state index in [1.807, 2.05) is 19.6 Å². The van der Waals surface area contributed by atoms with Crippen LogP contribution in [0.4, 0.5) is 0 Å². The fraction of sp³-hybridized carbons (Fsp3) is 0.800. The van der Waals surface area contributed by atoms with Gasteiger partial charge >= 0.3 is 5.97 Å². The average molecular weight is 363 g/mol. The summed E-state index contributed by atoms with van der Waals surface area (Å²) in [6.45, 7) is 15.6. The van der Waals surface area contributed by atoms with Crippen LogP contribution in [0.3, 0.4) is 0 Å². The second kappa shape index (κ2) is 6.96. The fourth-order valence-electron chi connectivity index (χ4n) is 2.18. The van der Waals surface area contributed by atoms with Crippen molar-refractivity contribution in [1.82, 2.24) is 0 Å². The van der Waals surface area contributed by atoms with E-state index in [0.717, 1.165) is 0 Å². The maximum atomic E-state index is 12.5. The predicted molar refractivity (Wildman–Crippen MR) is 93.6 cm³/mol. The van der Waals surface area contributed by atoms with E-state index in [1.54, 1.807) is 33.5 Å². The number of carboxylic acids is 1. The van der Waals surface area contributed by atoms with Crippen LogP contribution in [0.5, 0.6) is 0 Å². The van der Waals surface area contributed by atoms with Crippen LogP contribution in [0, 0.1) is 0 Å². The summed E-state index contributed by atoms with van der Waals surface area (Å²) in [6.07, 6.45) is -0.523. The molecule has 0 rings (SSSR count). The van der Waals surface area contributed by atoms with Crippen LogP contribution in [0.1, 0.15) is 27.2 Å². The molecule has 0 aromatic carbocycles. The molecule has 0 aromatic rings. The number of hydrogen-bond donors (Lipinski definition) is 1. The topological polar surface area (TPSA) is 89.9 Å². The minimum Gasteiger partial charge on any atom is -0.479 e. The Morgan fingerprint density at radius 1 is 0.826 bits per heavy atom. The van der Waals surface area contributed by atoms with Crippen molar-refractivity contribution in [2.45, 2.75) is 77.7 Å². The number of carboxylic acid groups (broad SMARTS) is 1. The van der Waals surface area contributed by atoms with E-state index in [2.05, 4.69) is 0 Å². The van der Waals surface area contributed by atoms with E-state index < -0.39 is 51.8 Å². The summed E-state index contributed by atoms with van der Waals surface area (Å²) in [7, 11) is -4.28. The van der Waals surface area contributed by atoms with Gasteiger partial charge in [-0.3, -0.25) is 9.59 Å². The van der Waals surface area contributed by atoms with Gasteiger partial charge in [0.25, 0.3) is 0 Å². The second-order valence-electron chi connectivity index (χ2n) is 8.30. The molecule has 1 atom stereocenters. The first-order chi connectivity index (χ1) is 9.91. The van der Waals surface area contributed by atoms with Crippen LogP contribution in [0.2, 0.25) is 39.3 Å². The van der Waals surface area contributed by atoms with E-state index in [1.165, 1.54) is 6.92 Å². The van der Waals surface area contributed by atoms with Crippen LogP contribution in [0.25, 0.3) is 0 Å². The predicted octanol–water partition coefficient (Wildman–Crippen LogP) is 2.84. The zero-order chi connectivity index (χ0) is 18.9. The summed E-state index contributed by atoms with van der Waals surface area (Å²) in [6, 6.07) is 0. The van der Waals surface area contributed by atoms with Crippen molar-refractivity contribution >= 4 is 34.2 Å². The standard InChI is InChI=1S/C15H30O6Si2/c1-14(2,20-22(4,5)6)11(16)10-12(17)15(3,13(18)19)21-23(7,8)9/h10H2,1-9H3,(H,18,19). The summed E-state index contributed by atoms with van der Waals surface area (Å²) < 4.78 is 11.4. The summed E-state index contributed by atoms with van der Waals surface area (Å²) in [5.41, 5.74) is -3.13. The van der Waals surface area contributed by atoms with Gasteiger partial charge in [-0.1, -0.05) is 0 Å². The third-order valence-corrected chi connectivity index (χ3v) is 5.15. The molecular formula is C15H30O6Si2. The van der Waals surface area contributed by atoms with E-state index in [0.29, 0.717) is 0 Å². The van der Waals surface area contributed by atoms with Gasteiger partial charge in [-0.15, -0.1) is 0 Å². The van der Waals surface area contributed by atoms with Crippen LogP contribution in [0.15, 0.2) is 0 Å². The molecule has 23 heavy (non-hydrogen) atoms. The van der Waals surface area contributed by atoms with Crippen molar-refractivity contribution in [2.75, 3.05) is 0 Å². The molecule has 0 amide bonds. The maximum absolute atomic E-state index is 12.5. The van der Waals surface area contributed by atoms with Gasteiger partial charge in [0.1, 0.15) is 5.60 Å². The van der Waals surface area contributed by atoms with Gasteiger partial charge in [-0.05, 0) is 60.1 Å². The molecule has 134 valence electrons. The Morgan fingerprint density at radius 2 is 1.22 bits per heavy atom. The second-order valence-corrected chi connectivity index (χ2v) is 17.2. The van der Waals surface area contributed by atoms with Crippen molar-refractivity contribution in [3.8, 4) is 0 Å². The molecule has 0 fully saturated rings. The Hall–Kier alpha value is -0.836. The van der Waals surface area contributed by atoms with E-state index in [4.69, 9.17) is 8.85 Å². The zero-order valence-electron chi connectivity index (χ0n) is 15.7. The Bertz CT molecular complexity index is 487. The summed E-state index contributed by atoms with van der Waals surface area (Å²) in [4.78, 5) is 36.4. The van der Waals surface area contributed by atoms with Crippen molar-refractivity contribution < 1.29 is 28.3 Å². The van der Waals surface area contributed by atoms with Crippen molar-refractivity contribution in [1.29, 1.82) is 0 Å². The highest BCUT2D eigenvalue weighted by Gasteiger charge is 2.47. The molecule has 0 spiro atoms. The lowest BCUT2D eigenvalue weighted by molar-refractivity contribution is -0.162. The maximum Gasteiger partial charge on any atom is 0.342 e. The molecule has 1 N–H and O–H groups in total. The number of aliphatic carboxylic acids is 1. The molecule has 1 unspecified atom stereocenters. The van der Waals surface area contributed by atoms with E-state index >= 15 is 0 Å². The number of hydrogen-bond acceptors (Lipinski definition) is 5. The average Bonchev–Trinajstić information content (AvgIpc) is 2.22. The number of ketones is 2. The van der Waals surface area contributed by atoms with Crippen LogP contribution < -0.4 is 0 Å². The highest BCUT2D eigenvalue weighted by Crippen LogP contribution is 2.25. The molecule has 6 nitrogen and oxygen atoms in total. The molecular weight excluding hydrogens is 332 g/mol. The molecule has 0 saturated carbocycles. The molecule has 0 saturated heterocycles. The third kappa shape index (κ3) is 7.07. The first-order valence-electron chi connectivity index (χ1n) is 7.61. The Labute approximate surface area is 140 Å². The van der Waals surface area contributed by atoms with Crippen molar-refractivity contribution in [2.24, 2.45) is 0 Å². The van der Waals surface area contributed by atoms with Gasteiger partial charge in [-0.25, -0.2) is 4.79 Å². The molecule has 0 aliphatic heterocycles. The van der Waals surface area contributed by atoms with E-state index in [9.17, 15) is 19.5 Å². The summed E-state index contributed by atoms with van der Waals surface area (Å²) >= 11 is 0. The SMILES string of the molecule is CC(C)(O[Si](C)(C)C)C(=O)CC(=O)C(C)(O[Si](C)(C)C)C(=O)O. The van der Waals surface area contributed by atoms with E-state index in [-0.39, 0.29) is 0 Å². The van der Waals surface area contributed by atoms with Crippen LogP contribution in [-0.2, 0) is 23.2 Å². The minimum atomic E-state index is -2.29. The molecule has 0 radical (unpaired) electrons. The lowest BCUT2D eigenvalue weighted by Crippen LogP contribution is -2.54. The Morgan fingerprint density at radius 3 is 1.52 bits per heavy atom. The molecule has 0 aliphatic rings. The monoisotopic (exact) mass is 362 g/mol. The summed E-state index contributed by atoms with van der Waals surface area (Å²) in [5.74, 6) is -2.55. The van der Waals surface area contributed by atoms with Gasteiger partial charge in [0.15, 0.2) is 28.2 Å². The quantitative estimate of drug-likeness (QED) is 0.501. The number of carbonyl (C=O) groups excluding carboxylic acids is 2. The smallest absolute Gasteiger partial charge is 0.342 e. The third-order valence-electron chi connectivity index (χ3n) is 3.00. The van der Waals surface area contributed by atoms with Gasteiger partial charge in [-0.2, -0.15) is 0 Å². The fourth-order valence-corrected chi connectivity index (χ4v) is 5.25. The highest BCUT2D eigenvalue weighted by molar-refractivity contribution is 6.70. The molecule has 0 bridgehead atoms. The molecule has 0 heterocycles. The van der Waals surface area contributed by atoms with Gasteiger partial charge < -0.3 is 14.0 Å².